The maximum atomic E-state index is 12.5. The van der Waals surface area contributed by atoms with Crippen molar-refractivity contribution in [3.63, 3.8) is 0 Å². The molecule has 0 radical (unpaired) electrons. The van der Waals surface area contributed by atoms with Crippen LogP contribution in [0.3, 0.4) is 0 Å². The second-order valence-corrected chi connectivity index (χ2v) is 6.88. The molecule has 1 amide bonds. The molecule has 20 heavy (non-hydrogen) atoms. The summed E-state index contributed by atoms with van der Waals surface area (Å²) in [5, 5.41) is 4.07. The molecule has 1 aromatic rings. The van der Waals surface area contributed by atoms with E-state index in [1.54, 1.807) is 11.0 Å². The van der Waals surface area contributed by atoms with Gasteiger partial charge in [-0.3, -0.25) is 9.48 Å². The van der Waals surface area contributed by atoms with Crippen LogP contribution in [0.4, 0.5) is 0 Å². The molecule has 0 N–H and O–H groups in total. The largest absolute Gasteiger partial charge is 0.339 e. The number of fused-ring (bicyclic) bond motifs is 1. The molecule has 2 heterocycles. The number of nitrogens with zero attached hydrogens (tertiary/aromatic N) is 4. The zero-order valence-corrected chi connectivity index (χ0v) is 12.5. The lowest BCUT2D eigenvalue weighted by Crippen LogP contribution is -2.36. The Hall–Kier alpha value is -1.39. The van der Waals surface area contributed by atoms with Gasteiger partial charge in [-0.05, 0) is 30.6 Å². The molecule has 0 aromatic carbocycles. The topological polar surface area (TPSA) is 51.0 Å². The molecule has 0 spiro atoms. The number of likely N-dealkylation sites (tertiary alicyclic amines) is 1. The van der Waals surface area contributed by atoms with Gasteiger partial charge < -0.3 is 4.90 Å². The van der Waals surface area contributed by atoms with Gasteiger partial charge >= 0.3 is 0 Å². The van der Waals surface area contributed by atoms with Gasteiger partial charge in [0, 0.05) is 25.6 Å². The summed E-state index contributed by atoms with van der Waals surface area (Å²) < 4.78 is 1.79. The first-order chi connectivity index (χ1) is 9.58. The lowest BCUT2D eigenvalue weighted by Gasteiger charge is -2.24. The van der Waals surface area contributed by atoms with Crippen LogP contribution in [-0.2, 0) is 11.3 Å². The van der Waals surface area contributed by atoms with Crippen molar-refractivity contribution >= 4 is 5.91 Å². The second kappa shape index (κ2) is 5.19. The first-order valence-corrected chi connectivity index (χ1v) is 7.70. The first-order valence-electron chi connectivity index (χ1n) is 7.70. The first kappa shape index (κ1) is 13.6. The van der Waals surface area contributed by atoms with E-state index in [2.05, 4.69) is 28.8 Å². The van der Waals surface area contributed by atoms with Crippen molar-refractivity contribution in [1.82, 2.24) is 19.7 Å². The van der Waals surface area contributed by atoms with Crippen LogP contribution >= 0.6 is 0 Å². The molecule has 1 saturated heterocycles. The molecular weight excluding hydrogens is 252 g/mol. The van der Waals surface area contributed by atoms with E-state index in [-0.39, 0.29) is 0 Å². The Morgan fingerprint density at radius 3 is 3.00 bits per heavy atom. The minimum absolute atomic E-state index is 0.294. The number of aryl methyl sites for hydroxylation is 1. The summed E-state index contributed by atoms with van der Waals surface area (Å²) in [7, 11) is 0. The molecule has 2 fully saturated rings. The molecule has 3 rings (SSSR count). The zero-order valence-electron chi connectivity index (χ0n) is 12.5. The quantitative estimate of drug-likeness (QED) is 0.846. The minimum Gasteiger partial charge on any atom is -0.339 e. The lowest BCUT2D eigenvalue weighted by atomic mass is 9.80. The van der Waals surface area contributed by atoms with Gasteiger partial charge in [0.1, 0.15) is 12.7 Å². The second-order valence-electron chi connectivity index (χ2n) is 6.88. The van der Waals surface area contributed by atoms with Crippen molar-refractivity contribution in [2.24, 2.45) is 11.3 Å². The highest BCUT2D eigenvalue weighted by Crippen LogP contribution is 2.48. The zero-order chi connectivity index (χ0) is 14.2. The molecule has 1 aliphatic carbocycles. The summed E-state index contributed by atoms with van der Waals surface area (Å²) >= 11 is 0. The van der Waals surface area contributed by atoms with Crippen molar-refractivity contribution in [2.75, 3.05) is 6.54 Å². The highest BCUT2D eigenvalue weighted by Gasteiger charge is 2.50. The Bertz CT molecular complexity index is 468. The standard InChI is InChI=1S/C15H24N4O/c1-15(2)9-19(13-6-3-5-12(13)15)14(20)7-4-8-18-11-16-10-17-18/h10-13H,3-9H2,1-2H3/t12-,13+/m0/s1. The lowest BCUT2D eigenvalue weighted by molar-refractivity contribution is -0.132. The van der Waals surface area contributed by atoms with Gasteiger partial charge in [-0.1, -0.05) is 20.3 Å². The molecule has 5 nitrogen and oxygen atoms in total. The van der Waals surface area contributed by atoms with Gasteiger partial charge in [0.15, 0.2) is 0 Å². The van der Waals surface area contributed by atoms with Crippen LogP contribution in [0.2, 0.25) is 0 Å². The average Bonchev–Trinajstić information content (AvgIpc) is 3.09. The van der Waals surface area contributed by atoms with Crippen LogP contribution in [0.1, 0.15) is 46.0 Å². The maximum absolute atomic E-state index is 12.5. The molecule has 1 aliphatic heterocycles. The van der Waals surface area contributed by atoms with Crippen LogP contribution in [-0.4, -0.2) is 38.2 Å². The maximum Gasteiger partial charge on any atom is 0.222 e. The molecule has 1 aromatic heterocycles. The van der Waals surface area contributed by atoms with E-state index in [4.69, 9.17) is 0 Å². The minimum atomic E-state index is 0.294. The third-order valence-electron chi connectivity index (χ3n) is 5.03. The monoisotopic (exact) mass is 276 g/mol. The summed E-state index contributed by atoms with van der Waals surface area (Å²) in [6.45, 7) is 6.35. The van der Waals surface area contributed by atoms with Gasteiger partial charge in [0.05, 0.1) is 0 Å². The van der Waals surface area contributed by atoms with Crippen molar-refractivity contribution in [3.05, 3.63) is 12.7 Å². The fraction of sp³-hybridized carbons (Fsp3) is 0.800. The molecular formula is C15H24N4O. The Labute approximate surface area is 120 Å². The van der Waals surface area contributed by atoms with Crippen LogP contribution in [0.15, 0.2) is 12.7 Å². The van der Waals surface area contributed by atoms with Gasteiger partial charge in [0.2, 0.25) is 5.91 Å². The molecule has 1 saturated carbocycles. The smallest absolute Gasteiger partial charge is 0.222 e. The van der Waals surface area contributed by atoms with Crippen LogP contribution < -0.4 is 0 Å². The fourth-order valence-corrected chi connectivity index (χ4v) is 4.06. The summed E-state index contributed by atoms with van der Waals surface area (Å²) in [4.78, 5) is 18.6. The SMILES string of the molecule is CC1(C)CN(C(=O)CCCn2cncn2)[C@@H]2CCC[C@@H]21. The number of amides is 1. The molecule has 0 unspecified atom stereocenters. The number of hydrogen-bond donors (Lipinski definition) is 0. The molecule has 110 valence electrons. The highest BCUT2D eigenvalue weighted by atomic mass is 16.2. The Morgan fingerprint density at radius 1 is 1.40 bits per heavy atom. The van der Waals surface area contributed by atoms with E-state index < -0.39 is 0 Å². The van der Waals surface area contributed by atoms with Gasteiger partial charge in [-0.15, -0.1) is 0 Å². The molecule has 5 heteroatoms. The van der Waals surface area contributed by atoms with E-state index in [1.165, 1.54) is 25.6 Å². The van der Waals surface area contributed by atoms with Crippen molar-refractivity contribution in [1.29, 1.82) is 0 Å². The van der Waals surface area contributed by atoms with Crippen molar-refractivity contribution in [2.45, 2.75) is 58.5 Å². The Balaban J connectivity index is 1.55. The predicted octanol–water partition coefficient (Wildman–Crippen LogP) is 2.10. The van der Waals surface area contributed by atoms with E-state index in [9.17, 15) is 4.79 Å². The van der Waals surface area contributed by atoms with E-state index in [1.807, 2.05) is 0 Å². The predicted molar refractivity (Wildman–Crippen MR) is 75.9 cm³/mol. The van der Waals surface area contributed by atoms with Crippen LogP contribution in [0.5, 0.6) is 0 Å². The Morgan fingerprint density at radius 2 is 2.25 bits per heavy atom. The Kier molecular flexibility index (Phi) is 3.52. The highest BCUT2D eigenvalue weighted by molar-refractivity contribution is 5.77. The fourth-order valence-electron chi connectivity index (χ4n) is 4.06. The summed E-state index contributed by atoms with van der Waals surface area (Å²) in [6, 6.07) is 0.504. The molecule has 2 atom stereocenters. The van der Waals surface area contributed by atoms with Gasteiger partial charge in [-0.2, -0.15) is 5.10 Å². The normalized spacial score (nSPS) is 27.8. The van der Waals surface area contributed by atoms with E-state index >= 15 is 0 Å². The summed E-state index contributed by atoms with van der Waals surface area (Å²) in [5.41, 5.74) is 0.294. The van der Waals surface area contributed by atoms with Crippen LogP contribution in [0.25, 0.3) is 0 Å². The van der Waals surface area contributed by atoms with Gasteiger partial charge in [-0.25, -0.2) is 4.98 Å². The summed E-state index contributed by atoms with van der Waals surface area (Å²) in [6.07, 6.45) is 8.48. The van der Waals surface area contributed by atoms with Gasteiger partial charge in [0.25, 0.3) is 0 Å². The number of carbonyl (C=O) groups is 1. The van der Waals surface area contributed by atoms with E-state index in [0.717, 1.165) is 19.5 Å². The van der Waals surface area contributed by atoms with E-state index in [0.29, 0.717) is 29.7 Å². The number of rotatable bonds is 4. The third kappa shape index (κ3) is 2.45. The number of carbonyl (C=O) groups excluding carboxylic acids is 1. The van der Waals surface area contributed by atoms with Crippen molar-refractivity contribution < 1.29 is 4.79 Å². The average molecular weight is 276 g/mol. The number of hydrogen-bond acceptors (Lipinski definition) is 3. The van der Waals surface area contributed by atoms with Crippen LogP contribution in [0, 0.1) is 11.3 Å². The number of aromatic nitrogens is 3. The third-order valence-corrected chi connectivity index (χ3v) is 5.03. The molecule has 2 aliphatic rings. The summed E-state index contributed by atoms with van der Waals surface area (Å²) in [5.74, 6) is 1.04. The van der Waals surface area contributed by atoms with Crippen molar-refractivity contribution in [3.8, 4) is 0 Å². The molecule has 0 bridgehead atoms.